The van der Waals surface area contributed by atoms with Crippen LogP contribution >= 0.6 is 0 Å². The van der Waals surface area contributed by atoms with Crippen LogP contribution in [0.3, 0.4) is 0 Å². The number of pyridine rings is 2. The number of hydrogen-bond donors (Lipinski definition) is 6. The fourth-order valence-electron chi connectivity index (χ4n) is 13.4. The summed E-state index contributed by atoms with van der Waals surface area (Å²) >= 11 is 0. The molecule has 12 rings (SSSR count). The van der Waals surface area contributed by atoms with Crippen molar-refractivity contribution in [2.75, 3.05) is 87.3 Å². The average molecular weight is 1140 g/mol. The van der Waals surface area contributed by atoms with Crippen molar-refractivity contribution in [1.29, 1.82) is 0 Å². The van der Waals surface area contributed by atoms with Crippen LogP contribution in [-0.2, 0) is 0 Å². The summed E-state index contributed by atoms with van der Waals surface area (Å²) in [6.45, 7) is 7.67. The Hall–Kier alpha value is -7.06. The van der Waals surface area contributed by atoms with E-state index in [1.807, 2.05) is 72.8 Å². The Balaban J connectivity index is 0.000000139. The molecule has 6 aliphatic rings. The molecule has 0 bridgehead atoms. The summed E-state index contributed by atoms with van der Waals surface area (Å²) in [6, 6.07) is 36.5. The normalized spacial score (nSPS) is 25.6. The molecular formula is C65H81N5O13. The maximum Gasteiger partial charge on any atom is 0.256 e. The SMILES string of the molecule is COc1ccc(OC2C[C@@H]3CN(CC(O)c4ccc(O)c(OC)n4)C[C@@H]3C2)cc1.COc1ccc(OC2C[C@@H]3CN(CC(O)c4ccc(O)cc4)C[C@@H]3C2)cc1.COc1ccc(OC2C[C@@H]3CN(CC(O)c4ccc(O)cn4)C[C@@H]3C2)cc1. The highest BCUT2D eigenvalue weighted by Gasteiger charge is 2.45. The number of β-amino-alcohol motifs (C(OH)–C–C–N with tert-alkyl or cyclic N) is 3. The standard InChI is InChI=1S/C22H28N2O5.C22H27NO4.C21H26N2O4/c1-27-16-3-5-17(6-4-16)29-18-9-14-11-24(12-15(14)10-18)13-21(26)19-7-8-20(25)22(23-19)28-2;1-26-19-6-8-20(9-7-19)27-21-10-16-12-23(13-17(16)11-21)14-22(25)15-2-4-18(24)5-3-15;1-26-17-3-5-18(6-4-17)27-19-8-14-11-23(12-15(14)9-19)13-21(25)20-7-2-16(24)10-22-20/h3-8,14-15,18,21,25-26H,9-13H2,1-2H3;2-9,16-17,21-22,24-25H,10-14H2,1H3;2-7,10,14-15,19,21,24-25H,8-9,11-13H2,1H3/t14-,15+,18?,21?;16-,17+,21?,22?;14-,15+,19?,21?. The molecule has 18 nitrogen and oxygen atoms in total. The smallest absolute Gasteiger partial charge is 0.256 e. The fourth-order valence-corrected chi connectivity index (χ4v) is 13.4. The summed E-state index contributed by atoms with van der Waals surface area (Å²) in [5, 5.41) is 59.8. The van der Waals surface area contributed by atoms with Crippen molar-refractivity contribution in [1.82, 2.24) is 24.7 Å². The second-order valence-corrected chi connectivity index (χ2v) is 23.2. The van der Waals surface area contributed by atoms with E-state index in [1.165, 1.54) is 19.4 Å². The highest BCUT2D eigenvalue weighted by atomic mass is 16.5. The number of rotatable bonds is 19. The molecule has 6 N–H and O–H groups in total. The van der Waals surface area contributed by atoms with E-state index in [9.17, 15) is 30.6 Å². The summed E-state index contributed by atoms with van der Waals surface area (Å²) in [6.07, 6.45) is 6.63. The highest BCUT2D eigenvalue weighted by molar-refractivity contribution is 5.35. The van der Waals surface area contributed by atoms with Crippen LogP contribution < -0.4 is 33.2 Å². The van der Waals surface area contributed by atoms with Gasteiger partial charge in [0, 0.05) is 58.9 Å². The van der Waals surface area contributed by atoms with Gasteiger partial charge in [-0.15, -0.1) is 0 Å². The molecule has 444 valence electrons. The monoisotopic (exact) mass is 1140 g/mol. The van der Waals surface area contributed by atoms with Gasteiger partial charge >= 0.3 is 0 Å². The summed E-state index contributed by atoms with van der Waals surface area (Å²) in [5.41, 5.74) is 1.97. The number of aromatic nitrogens is 2. The van der Waals surface area contributed by atoms with Crippen LogP contribution in [0.25, 0.3) is 0 Å². The first-order valence-electron chi connectivity index (χ1n) is 29.1. The Labute approximate surface area is 486 Å². The minimum Gasteiger partial charge on any atom is -0.508 e. The molecule has 5 heterocycles. The third kappa shape index (κ3) is 15.6. The van der Waals surface area contributed by atoms with E-state index >= 15 is 0 Å². The zero-order valence-electron chi connectivity index (χ0n) is 47.9. The molecule has 6 unspecified atom stereocenters. The minimum atomic E-state index is -0.713. The van der Waals surface area contributed by atoms with E-state index in [2.05, 4.69) is 24.7 Å². The molecule has 6 aromatic rings. The maximum absolute atomic E-state index is 10.6. The van der Waals surface area contributed by atoms with Gasteiger partial charge in [0.25, 0.3) is 5.88 Å². The average Bonchev–Trinajstić information content (AvgIpc) is 3.93. The first-order valence-corrected chi connectivity index (χ1v) is 29.1. The molecule has 3 saturated carbocycles. The van der Waals surface area contributed by atoms with Crippen molar-refractivity contribution in [2.45, 2.75) is 75.1 Å². The molecule has 4 aromatic carbocycles. The number of phenolic OH excluding ortho intramolecular Hbond substituents is 1. The van der Waals surface area contributed by atoms with E-state index in [1.54, 1.807) is 63.8 Å². The van der Waals surface area contributed by atoms with Crippen LogP contribution in [-0.4, -0.2) is 161 Å². The van der Waals surface area contributed by atoms with Gasteiger partial charge in [0.1, 0.15) is 58.2 Å². The maximum atomic E-state index is 10.6. The number of benzene rings is 4. The Morgan fingerprint density at radius 1 is 0.398 bits per heavy atom. The predicted molar refractivity (Wildman–Crippen MR) is 312 cm³/mol. The van der Waals surface area contributed by atoms with E-state index in [0.29, 0.717) is 66.5 Å². The van der Waals surface area contributed by atoms with Gasteiger partial charge in [-0.05, 0) is 189 Å². The van der Waals surface area contributed by atoms with Gasteiger partial charge in [0.2, 0.25) is 0 Å². The van der Waals surface area contributed by atoms with E-state index < -0.39 is 18.3 Å². The largest absolute Gasteiger partial charge is 0.508 e. The first kappa shape index (κ1) is 59.1. The zero-order valence-corrected chi connectivity index (χ0v) is 47.9. The topological polar surface area (TPSA) is 221 Å². The zero-order chi connectivity index (χ0) is 58.0. The van der Waals surface area contributed by atoms with Gasteiger partial charge in [-0.2, -0.15) is 0 Å². The van der Waals surface area contributed by atoms with Crippen LogP contribution in [0, 0.1) is 35.5 Å². The molecule has 0 spiro atoms. The van der Waals surface area contributed by atoms with Crippen LogP contribution in [0.15, 0.2) is 128 Å². The summed E-state index contributed by atoms with van der Waals surface area (Å²) in [7, 11) is 6.43. The Morgan fingerprint density at radius 2 is 0.735 bits per heavy atom. The van der Waals surface area contributed by atoms with Gasteiger partial charge in [0.05, 0.1) is 70.4 Å². The summed E-state index contributed by atoms with van der Waals surface area (Å²) < 4.78 is 39.1. The van der Waals surface area contributed by atoms with Crippen LogP contribution in [0.5, 0.6) is 57.6 Å². The van der Waals surface area contributed by atoms with Gasteiger partial charge in [-0.25, -0.2) is 4.98 Å². The van der Waals surface area contributed by atoms with Crippen LogP contribution in [0.1, 0.15) is 73.8 Å². The van der Waals surface area contributed by atoms with Gasteiger partial charge in [-0.3, -0.25) is 19.7 Å². The molecule has 18 heteroatoms. The van der Waals surface area contributed by atoms with Gasteiger partial charge in [-0.1, -0.05) is 12.1 Å². The minimum absolute atomic E-state index is 0.0259. The van der Waals surface area contributed by atoms with Gasteiger partial charge in [0.15, 0.2) is 5.75 Å². The molecular weight excluding hydrogens is 1060 g/mol. The molecule has 0 radical (unpaired) electrons. The lowest BCUT2D eigenvalue weighted by Gasteiger charge is -2.22. The van der Waals surface area contributed by atoms with Crippen molar-refractivity contribution in [3.8, 4) is 57.6 Å². The Kier molecular flexibility index (Phi) is 19.6. The molecule has 83 heavy (non-hydrogen) atoms. The number of likely N-dealkylation sites (tertiary alicyclic amines) is 3. The number of ether oxygens (including phenoxy) is 7. The molecule has 3 saturated heterocycles. The summed E-state index contributed by atoms with van der Waals surface area (Å²) in [5.74, 6) is 9.34. The van der Waals surface area contributed by atoms with Crippen LogP contribution in [0.2, 0.25) is 0 Å². The lowest BCUT2D eigenvalue weighted by Crippen LogP contribution is -2.29. The van der Waals surface area contributed by atoms with Gasteiger partial charge < -0.3 is 63.8 Å². The van der Waals surface area contributed by atoms with Crippen molar-refractivity contribution < 1.29 is 63.8 Å². The number of aliphatic hydroxyl groups excluding tert-OH is 3. The van der Waals surface area contributed by atoms with Crippen molar-refractivity contribution in [3.63, 3.8) is 0 Å². The number of phenols is 1. The lowest BCUT2D eigenvalue weighted by molar-refractivity contribution is 0.112. The fraction of sp³-hybridized carbons (Fsp3) is 0.477. The molecule has 0 amide bonds. The molecule has 12 atom stereocenters. The van der Waals surface area contributed by atoms with E-state index in [4.69, 9.17) is 33.2 Å². The lowest BCUT2D eigenvalue weighted by atomic mass is 10.0. The molecule has 3 aliphatic heterocycles. The third-order valence-corrected chi connectivity index (χ3v) is 17.5. The Bertz CT molecular complexity index is 2790. The molecule has 3 aliphatic carbocycles. The number of nitrogens with zero attached hydrogens (tertiary/aromatic N) is 5. The number of aromatic hydroxyl groups is 3. The highest BCUT2D eigenvalue weighted by Crippen LogP contribution is 2.43. The van der Waals surface area contributed by atoms with Crippen molar-refractivity contribution >= 4 is 0 Å². The van der Waals surface area contributed by atoms with Crippen molar-refractivity contribution in [3.05, 3.63) is 144 Å². The number of hydrogen-bond acceptors (Lipinski definition) is 18. The molecule has 6 fully saturated rings. The first-order chi connectivity index (χ1) is 40.3. The Morgan fingerprint density at radius 3 is 1.08 bits per heavy atom. The number of methoxy groups -OCH3 is 4. The second-order valence-electron chi connectivity index (χ2n) is 23.2. The number of aliphatic hydroxyl groups is 3. The quantitative estimate of drug-likeness (QED) is 0.0448. The van der Waals surface area contributed by atoms with E-state index in [0.717, 1.165) is 118 Å². The predicted octanol–water partition coefficient (Wildman–Crippen LogP) is 8.47. The van der Waals surface area contributed by atoms with Crippen molar-refractivity contribution in [2.24, 2.45) is 35.5 Å². The molecule has 2 aromatic heterocycles. The third-order valence-electron chi connectivity index (χ3n) is 17.5. The number of fused-ring (bicyclic) bond motifs is 3. The summed E-state index contributed by atoms with van der Waals surface area (Å²) in [4.78, 5) is 15.3. The second kappa shape index (κ2) is 27.6. The van der Waals surface area contributed by atoms with Crippen LogP contribution in [0.4, 0.5) is 0 Å². The van der Waals surface area contributed by atoms with E-state index in [-0.39, 0.29) is 41.4 Å².